The highest BCUT2D eigenvalue weighted by molar-refractivity contribution is 9.10. The lowest BCUT2D eigenvalue weighted by molar-refractivity contribution is -0.384. The number of rotatable bonds is 5. The van der Waals surface area contributed by atoms with Gasteiger partial charge in [-0.15, -0.1) is 0 Å². The molecule has 0 saturated carbocycles. The number of hydrogen-bond donors (Lipinski definition) is 2. The summed E-state index contributed by atoms with van der Waals surface area (Å²) in [4.78, 5) is 18.4. The van der Waals surface area contributed by atoms with Crippen molar-refractivity contribution in [3.05, 3.63) is 44.7 Å². The van der Waals surface area contributed by atoms with E-state index in [2.05, 4.69) is 31.3 Å². The maximum atomic E-state index is 10.8. The molecule has 9 heteroatoms. The Bertz CT molecular complexity index is 680. The number of halogens is 1. The van der Waals surface area contributed by atoms with Crippen LogP contribution >= 0.6 is 15.9 Å². The third-order valence-electron chi connectivity index (χ3n) is 2.73. The fourth-order valence-corrected chi connectivity index (χ4v) is 2.04. The number of nitrogens with two attached hydrogens (primary N) is 1. The Balaban J connectivity index is 2.43. The normalized spacial score (nSPS) is 10.2. The first-order chi connectivity index (χ1) is 10.1. The third kappa shape index (κ3) is 3.26. The van der Waals surface area contributed by atoms with Crippen molar-refractivity contribution in [3.8, 4) is 11.6 Å². The number of benzene rings is 1. The minimum Gasteiger partial charge on any atom is -0.437 e. The molecular formula is C12H12BrN5O3. The molecule has 0 fully saturated rings. The molecule has 8 nitrogen and oxygen atoms in total. The highest BCUT2D eigenvalue weighted by Gasteiger charge is 2.15. The summed E-state index contributed by atoms with van der Waals surface area (Å²) in [6, 6.07) is 4.24. The maximum absolute atomic E-state index is 10.8. The van der Waals surface area contributed by atoms with Gasteiger partial charge in [0.2, 0.25) is 5.88 Å². The second-order valence-electron chi connectivity index (χ2n) is 3.98. The Labute approximate surface area is 128 Å². The van der Waals surface area contributed by atoms with E-state index in [1.165, 1.54) is 18.5 Å². The van der Waals surface area contributed by atoms with E-state index in [4.69, 9.17) is 10.6 Å². The predicted octanol–water partition coefficient (Wildman–Crippen LogP) is 2.79. The predicted molar refractivity (Wildman–Crippen MR) is 80.1 cm³/mol. The number of nitrogens with zero attached hydrogens (tertiary/aromatic N) is 3. The van der Waals surface area contributed by atoms with Gasteiger partial charge in [-0.05, 0) is 28.4 Å². The van der Waals surface area contributed by atoms with Crippen LogP contribution in [0.3, 0.4) is 0 Å². The van der Waals surface area contributed by atoms with E-state index in [0.717, 1.165) is 0 Å². The quantitative estimate of drug-likeness (QED) is 0.482. The summed E-state index contributed by atoms with van der Waals surface area (Å²) in [6.45, 7) is 1.90. The Morgan fingerprint density at radius 3 is 2.86 bits per heavy atom. The summed E-state index contributed by atoms with van der Waals surface area (Å²) in [7, 11) is 0. The van der Waals surface area contributed by atoms with Crippen molar-refractivity contribution in [2.24, 2.45) is 5.84 Å². The summed E-state index contributed by atoms with van der Waals surface area (Å²) in [5.41, 5.74) is 3.07. The number of hydrogen-bond acceptors (Lipinski definition) is 7. The van der Waals surface area contributed by atoms with E-state index < -0.39 is 4.92 Å². The van der Waals surface area contributed by atoms with Crippen LogP contribution < -0.4 is 16.0 Å². The number of non-ortho nitro benzene ring substituents is 1. The first kappa shape index (κ1) is 15.1. The number of nitrogen functional groups attached to an aromatic ring is 1. The molecule has 2 rings (SSSR count). The number of ether oxygens (including phenoxy) is 1. The van der Waals surface area contributed by atoms with E-state index in [0.29, 0.717) is 33.9 Å². The number of nitro benzene ring substituents is 1. The highest BCUT2D eigenvalue weighted by atomic mass is 79.9. The zero-order valence-electron chi connectivity index (χ0n) is 11.0. The molecule has 0 aliphatic carbocycles. The number of anilines is 1. The second-order valence-corrected chi connectivity index (χ2v) is 4.83. The Kier molecular flexibility index (Phi) is 4.66. The Morgan fingerprint density at radius 2 is 2.24 bits per heavy atom. The summed E-state index contributed by atoms with van der Waals surface area (Å²) >= 11 is 3.29. The second kappa shape index (κ2) is 6.46. The van der Waals surface area contributed by atoms with Crippen LogP contribution in [0.5, 0.6) is 11.6 Å². The van der Waals surface area contributed by atoms with Gasteiger partial charge < -0.3 is 10.2 Å². The van der Waals surface area contributed by atoms with Crippen LogP contribution in [-0.2, 0) is 6.42 Å². The third-order valence-corrected chi connectivity index (χ3v) is 3.38. The zero-order valence-corrected chi connectivity index (χ0v) is 12.6. The van der Waals surface area contributed by atoms with Crippen LogP contribution in [0.4, 0.5) is 11.5 Å². The van der Waals surface area contributed by atoms with Crippen molar-refractivity contribution in [2.45, 2.75) is 13.3 Å². The number of nitro groups is 1. The molecule has 21 heavy (non-hydrogen) atoms. The van der Waals surface area contributed by atoms with Gasteiger partial charge in [0.25, 0.3) is 5.69 Å². The van der Waals surface area contributed by atoms with Crippen molar-refractivity contribution >= 4 is 27.4 Å². The van der Waals surface area contributed by atoms with Crippen LogP contribution in [-0.4, -0.2) is 14.9 Å². The molecule has 0 atom stereocenters. The molecule has 3 N–H and O–H groups in total. The Morgan fingerprint density at radius 1 is 1.48 bits per heavy atom. The summed E-state index contributed by atoms with van der Waals surface area (Å²) in [5, 5.41) is 10.8. The first-order valence-electron chi connectivity index (χ1n) is 5.99. The van der Waals surface area contributed by atoms with Crippen molar-refractivity contribution < 1.29 is 9.66 Å². The lowest BCUT2D eigenvalue weighted by Gasteiger charge is -2.12. The molecule has 1 heterocycles. The maximum Gasteiger partial charge on any atom is 0.273 e. The molecule has 0 aliphatic heterocycles. The van der Waals surface area contributed by atoms with Crippen molar-refractivity contribution in [1.29, 1.82) is 0 Å². The van der Waals surface area contributed by atoms with Crippen LogP contribution in [0.25, 0.3) is 0 Å². The van der Waals surface area contributed by atoms with Crippen LogP contribution in [0.15, 0.2) is 29.0 Å². The standard InChI is InChI=1S/C12H12BrN5O3/c1-2-8-11(17-14)15-6-16-12(8)21-10-5-7(18(19)20)3-4-9(10)13/h3-6H,2,14H2,1H3,(H,15,16,17). The average Bonchev–Trinajstić information content (AvgIpc) is 2.48. The van der Waals surface area contributed by atoms with Gasteiger partial charge in [0, 0.05) is 6.07 Å². The monoisotopic (exact) mass is 353 g/mol. The SMILES string of the molecule is CCc1c(NN)ncnc1Oc1cc([N+](=O)[O-])ccc1Br. The molecule has 0 radical (unpaired) electrons. The molecule has 0 bridgehead atoms. The molecule has 0 saturated heterocycles. The van der Waals surface area contributed by atoms with Gasteiger partial charge >= 0.3 is 0 Å². The highest BCUT2D eigenvalue weighted by Crippen LogP contribution is 2.34. The van der Waals surface area contributed by atoms with Crippen LogP contribution in [0.2, 0.25) is 0 Å². The van der Waals surface area contributed by atoms with E-state index in [9.17, 15) is 10.1 Å². The van der Waals surface area contributed by atoms with Gasteiger partial charge in [-0.1, -0.05) is 6.92 Å². The Hall–Kier alpha value is -2.26. The van der Waals surface area contributed by atoms with Crippen molar-refractivity contribution in [3.63, 3.8) is 0 Å². The molecule has 1 aromatic carbocycles. The summed E-state index contributed by atoms with van der Waals surface area (Å²) < 4.78 is 6.25. The largest absolute Gasteiger partial charge is 0.437 e. The molecule has 0 amide bonds. The fraction of sp³-hybridized carbons (Fsp3) is 0.167. The number of nitrogens with one attached hydrogen (secondary N) is 1. The molecule has 1 aromatic heterocycles. The van der Waals surface area contributed by atoms with Gasteiger partial charge in [0.1, 0.15) is 12.1 Å². The molecule has 2 aromatic rings. The van der Waals surface area contributed by atoms with E-state index in [1.54, 1.807) is 6.07 Å². The number of aromatic nitrogens is 2. The summed E-state index contributed by atoms with van der Waals surface area (Å²) in [5.74, 6) is 6.42. The minimum absolute atomic E-state index is 0.0718. The minimum atomic E-state index is -0.493. The van der Waals surface area contributed by atoms with E-state index in [-0.39, 0.29) is 5.69 Å². The van der Waals surface area contributed by atoms with Crippen LogP contribution in [0, 0.1) is 10.1 Å². The van der Waals surface area contributed by atoms with Gasteiger partial charge in [0.15, 0.2) is 5.75 Å². The molecule has 0 spiro atoms. The van der Waals surface area contributed by atoms with E-state index >= 15 is 0 Å². The zero-order chi connectivity index (χ0) is 15.4. The first-order valence-corrected chi connectivity index (χ1v) is 6.78. The van der Waals surface area contributed by atoms with Gasteiger partial charge in [-0.2, -0.15) is 0 Å². The summed E-state index contributed by atoms with van der Waals surface area (Å²) in [6.07, 6.45) is 1.89. The number of hydrazine groups is 1. The molecule has 0 aliphatic rings. The topological polar surface area (TPSA) is 116 Å². The van der Waals surface area contributed by atoms with Gasteiger partial charge in [0.05, 0.1) is 21.0 Å². The molecule has 0 unspecified atom stereocenters. The average molecular weight is 354 g/mol. The fourth-order valence-electron chi connectivity index (χ4n) is 1.72. The van der Waals surface area contributed by atoms with Crippen molar-refractivity contribution in [1.82, 2.24) is 9.97 Å². The molecular weight excluding hydrogens is 342 g/mol. The smallest absolute Gasteiger partial charge is 0.273 e. The van der Waals surface area contributed by atoms with Gasteiger partial charge in [-0.3, -0.25) is 10.1 Å². The molecule has 110 valence electrons. The lowest BCUT2D eigenvalue weighted by Crippen LogP contribution is -2.12. The van der Waals surface area contributed by atoms with Crippen LogP contribution in [0.1, 0.15) is 12.5 Å². The van der Waals surface area contributed by atoms with Crippen molar-refractivity contribution in [2.75, 3.05) is 5.43 Å². The van der Waals surface area contributed by atoms with E-state index in [1.807, 2.05) is 6.92 Å². The van der Waals surface area contributed by atoms with Gasteiger partial charge in [-0.25, -0.2) is 15.8 Å². The lowest BCUT2D eigenvalue weighted by atomic mass is 10.2.